The lowest BCUT2D eigenvalue weighted by atomic mass is 10.1. The number of rotatable bonds is 8. The number of hydrogen-bond donors (Lipinski definition) is 8. The molecule has 9 N–H and O–H groups in total. The maximum absolute atomic E-state index is 11.8. The number of phosphoric acid groups is 3. The highest BCUT2D eigenvalue weighted by Crippen LogP contribution is 2.66. The van der Waals surface area contributed by atoms with Crippen LogP contribution in [0.4, 0.5) is 5.82 Å². The Bertz CT molecular complexity index is 1050. The van der Waals surface area contributed by atoms with E-state index in [-0.39, 0.29) is 16.8 Å². The Kier molecular flexibility index (Phi) is 7.35. The number of aliphatic imine (C=N–C) groups is 1. The average Bonchev–Trinajstić information content (AvgIpc) is 3.08. The third-order valence-corrected chi connectivity index (χ3v) is 8.09. The van der Waals surface area contributed by atoms with Crippen LogP contribution in [0.2, 0.25) is 5.28 Å². The second-order valence-electron chi connectivity index (χ2n) is 6.29. The van der Waals surface area contributed by atoms with Crippen LogP contribution in [-0.2, 0) is 31.6 Å². The molecular weight excluding hydrogens is 527 g/mol. The quantitative estimate of drug-likeness (QED) is 0.181. The number of hydrogen-bond acceptors (Lipinski definition) is 13. The Labute approximate surface area is 183 Å². The zero-order chi connectivity index (χ0) is 24.1. The first kappa shape index (κ1) is 25.8. The fraction of sp³-hybridized carbons (Fsp3) is 0.600. The van der Waals surface area contributed by atoms with Crippen LogP contribution in [0.15, 0.2) is 4.99 Å². The number of anilines is 1. The average molecular weight is 544 g/mol. The molecular formula is C10H17ClN5O13P3. The summed E-state index contributed by atoms with van der Waals surface area (Å²) >= 11 is 6.07. The number of nitrogens with two attached hydrogens (primary N) is 1. The van der Waals surface area contributed by atoms with Crippen molar-refractivity contribution in [3.63, 3.8) is 0 Å². The van der Waals surface area contributed by atoms with Crippen molar-refractivity contribution < 1.29 is 61.4 Å². The summed E-state index contributed by atoms with van der Waals surface area (Å²) in [5, 5.41) is 23.1. The van der Waals surface area contributed by atoms with E-state index in [0.29, 0.717) is 0 Å². The van der Waals surface area contributed by atoms with E-state index >= 15 is 0 Å². The van der Waals surface area contributed by atoms with Gasteiger partial charge in [0.05, 0.1) is 12.9 Å². The fourth-order valence-corrected chi connectivity index (χ4v) is 6.11. The molecule has 32 heavy (non-hydrogen) atoms. The standard InChI is InChI=1S/C10H17ClN5O13P3/c11-10-15-4-7(12)13-2-14-8(4)16(10)9-6(18)5(17)3(27-9)1-26-31(22,23)29-32(24,25)28-30(19,20)21/h2-3,5-7,9,17-18H,1,12H2,(H,13,14)(H,22,23)(H,24,25)(H2,19,20,21)/t3-,5-,6-,7?,9-/m1/s1. The molecule has 0 saturated carbocycles. The largest absolute Gasteiger partial charge is 0.490 e. The minimum absolute atomic E-state index is 0.197. The van der Waals surface area contributed by atoms with Crippen molar-refractivity contribution >= 4 is 47.2 Å². The van der Waals surface area contributed by atoms with Gasteiger partial charge in [-0.1, -0.05) is 0 Å². The van der Waals surface area contributed by atoms with E-state index < -0.39 is 60.8 Å². The van der Waals surface area contributed by atoms with Crippen LogP contribution in [0.3, 0.4) is 0 Å². The normalized spacial score (nSPS) is 31.6. The van der Waals surface area contributed by atoms with Gasteiger partial charge in [-0.25, -0.2) is 18.7 Å². The van der Waals surface area contributed by atoms with E-state index in [2.05, 4.69) is 28.4 Å². The second-order valence-corrected chi connectivity index (χ2v) is 11.0. The molecule has 0 radical (unpaired) electrons. The summed E-state index contributed by atoms with van der Waals surface area (Å²) in [6.45, 7) is -0.985. The lowest BCUT2D eigenvalue weighted by molar-refractivity contribution is -0.0509. The van der Waals surface area contributed by atoms with Crippen LogP contribution >= 0.6 is 35.1 Å². The van der Waals surface area contributed by atoms with Gasteiger partial charge in [0, 0.05) is 0 Å². The summed E-state index contributed by atoms with van der Waals surface area (Å²) < 4.78 is 51.9. The molecule has 1 saturated heterocycles. The molecule has 3 unspecified atom stereocenters. The van der Waals surface area contributed by atoms with Crippen molar-refractivity contribution in [1.82, 2.24) is 9.55 Å². The predicted molar refractivity (Wildman–Crippen MR) is 102 cm³/mol. The highest BCUT2D eigenvalue weighted by molar-refractivity contribution is 7.66. The third kappa shape index (κ3) is 5.82. The van der Waals surface area contributed by atoms with Gasteiger partial charge in [0.25, 0.3) is 0 Å². The van der Waals surface area contributed by atoms with Crippen LogP contribution in [0, 0.1) is 0 Å². The van der Waals surface area contributed by atoms with Crippen molar-refractivity contribution in [1.29, 1.82) is 0 Å². The first-order valence-corrected chi connectivity index (χ1v) is 13.1. The number of halogens is 1. The van der Waals surface area contributed by atoms with E-state index in [9.17, 15) is 28.8 Å². The zero-order valence-electron chi connectivity index (χ0n) is 15.4. The summed E-state index contributed by atoms with van der Waals surface area (Å²) in [5.74, 6) is 0.197. The Morgan fingerprint density at radius 1 is 1.16 bits per heavy atom. The summed E-state index contributed by atoms with van der Waals surface area (Å²) in [7, 11) is -16.7. The van der Waals surface area contributed by atoms with Gasteiger partial charge in [-0.3, -0.25) is 14.1 Å². The molecule has 22 heteroatoms. The van der Waals surface area contributed by atoms with Crippen LogP contribution < -0.4 is 11.1 Å². The molecule has 0 bridgehead atoms. The number of ether oxygens (including phenoxy) is 1. The first-order valence-electron chi connectivity index (χ1n) is 8.21. The van der Waals surface area contributed by atoms with Crippen molar-refractivity contribution in [2.45, 2.75) is 30.7 Å². The molecule has 1 aromatic heterocycles. The number of aliphatic hydroxyl groups is 2. The lowest BCUT2D eigenvalue weighted by Gasteiger charge is -2.22. The topological polar surface area (TPSA) is 278 Å². The van der Waals surface area contributed by atoms with Gasteiger partial charge in [0.2, 0.25) is 5.28 Å². The van der Waals surface area contributed by atoms with Crippen molar-refractivity contribution in [3.05, 3.63) is 11.0 Å². The van der Waals surface area contributed by atoms with Crippen molar-refractivity contribution in [2.24, 2.45) is 10.7 Å². The predicted octanol–water partition coefficient (Wildman–Crippen LogP) is -1.09. The SMILES string of the molecule is NC1N=CNc2c1nc(Cl)n2[C@@H]1O[C@H](COP(=O)(O)OP(=O)(O)OP(=O)(O)O)[C@@H](O)[C@H]1O. The molecule has 182 valence electrons. The molecule has 0 amide bonds. The Balaban J connectivity index is 1.70. The molecule has 2 aliphatic heterocycles. The third-order valence-electron chi connectivity index (χ3n) is 4.02. The number of fused-ring (bicyclic) bond motifs is 1. The molecule has 18 nitrogen and oxygen atoms in total. The fourth-order valence-electron chi connectivity index (χ4n) is 2.80. The summed E-state index contributed by atoms with van der Waals surface area (Å²) in [6.07, 6.45) is -5.87. The Morgan fingerprint density at radius 3 is 2.44 bits per heavy atom. The summed E-state index contributed by atoms with van der Waals surface area (Å²) in [4.78, 5) is 43.5. The number of phosphoric ester groups is 1. The Hall–Kier alpha value is -0.780. The van der Waals surface area contributed by atoms with Gasteiger partial charge in [-0.05, 0) is 11.6 Å². The Morgan fingerprint density at radius 2 is 1.81 bits per heavy atom. The van der Waals surface area contributed by atoms with E-state index in [1.54, 1.807) is 0 Å². The van der Waals surface area contributed by atoms with E-state index in [4.69, 9.17) is 36.8 Å². The lowest BCUT2D eigenvalue weighted by Crippen LogP contribution is -2.34. The van der Waals surface area contributed by atoms with Gasteiger partial charge in [0.15, 0.2) is 6.23 Å². The van der Waals surface area contributed by atoms with Crippen LogP contribution in [-0.4, -0.2) is 70.6 Å². The van der Waals surface area contributed by atoms with Crippen LogP contribution in [0.25, 0.3) is 0 Å². The molecule has 0 spiro atoms. The second kappa shape index (κ2) is 9.11. The molecule has 7 atom stereocenters. The van der Waals surface area contributed by atoms with Crippen LogP contribution in [0.5, 0.6) is 0 Å². The summed E-state index contributed by atoms with van der Waals surface area (Å²) in [6, 6.07) is 0. The maximum atomic E-state index is 11.8. The molecule has 0 aliphatic carbocycles. The first-order chi connectivity index (χ1) is 14.6. The monoisotopic (exact) mass is 543 g/mol. The minimum Gasteiger partial charge on any atom is -0.387 e. The number of nitrogens with one attached hydrogen (secondary N) is 1. The molecule has 3 rings (SSSR count). The maximum Gasteiger partial charge on any atom is 0.490 e. The van der Waals surface area contributed by atoms with E-state index in [0.717, 1.165) is 4.57 Å². The van der Waals surface area contributed by atoms with Crippen LogP contribution in [0.1, 0.15) is 18.1 Å². The molecule has 1 fully saturated rings. The van der Waals surface area contributed by atoms with Crippen molar-refractivity contribution in [2.75, 3.05) is 11.9 Å². The van der Waals surface area contributed by atoms with Gasteiger partial charge >= 0.3 is 23.5 Å². The van der Waals surface area contributed by atoms with Gasteiger partial charge in [-0.15, -0.1) is 0 Å². The number of imidazole rings is 1. The van der Waals surface area contributed by atoms with Gasteiger partial charge in [-0.2, -0.15) is 8.62 Å². The van der Waals surface area contributed by atoms with Gasteiger partial charge in [0.1, 0.15) is 36.0 Å². The minimum atomic E-state index is -5.72. The highest BCUT2D eigenvalue weighted by atomic mass is 35.5. The van der Waals surface area contributed by atoms with Gasteiger partial charge < -0.3 is 45.6 Å². The number of aliphatic hydroxyl groups excluding tert-OH is 2. The summed E-state index contributed by atoms with van der Waals surface area (Å²) in [5.41, 5.74) is 5.99. The van der Waals surface area contributed by atoms with E-state index in [1.165, 1.54) is 6.34 Å². The van der Waals surface area contributed by atoms with E-state index in [1.807, 2.05) is 0 Å². The molecule has 3 heterocycles. The number of nitrogens with zero attached hydrogens (tertiary/aromatic N) is 3. The smallest absolute Gasteiger partial charge is 0.387 e. The molecule has 2 aliphatic rings. The number of aromatic nitrogens is 2. The zero-order valence-corrected chi connectivity index (χ0v) is 18.8. The molecule has 1 aromatic rings. The highest BCUT2D eigenvalue weighted by Gasteiger charge is 2.48. The molecule has 0 aromatic carbocycles. The van der Waals surface area contributed by atoms with Crippen molar-refractivity contribution in [3.8, 4) is 0 Å².